The lowest BCUT2D eigenvalue weighted by Crippen LogP contribution is -2.54. The maximum atomic E-state index is 14.0. The summed E-state index contributed by atoms with van der Waals surface area (Å²) >= 11 is 0. The molecule has 0 spiro atoms. The third-order valence-electron chi connectivity index (χ3n) is 8.46. The molecule has 14 nitrogen and oxygen atoms in total. The van der Waals surface area contributed by atoms with E-state index in [4.69, 9.17) is 4.42 Å². The number of rotatable bonds is 5. The number of aromatic amines is 1. The van der Waals surface area contributed by atoms with E-state index in [1.807, 2.05) is 36.5 Å². The van der Waals surface area contributed by atoms with E-state index < -0.39 is 41.8 Å². The minimum Gasteiger partial charge on any atom is -0.443 e. The van der Waals surface area contributed by atoms with Gasteiger partial charge in [-0.15, -0.1) is 0 Å². The molecule has 5 heterocycles. The number of fused-ring (bicyclic) bond motifs is 3. The average molecular weight is 664 g/mol. The van der Waals surface area contributed by atoms with E-state index in [2.05, 4.69) is 46.2 Å². The second-order valence-corrected chi connectivity index (χ2v) is 12.0. The first-order valence-corrected chi connectivity index (χ1v) is 16.1. The van der Waals surface area contributed by atoms with Crippen LogP contribution in [0.15, 0.2) is 65.6 Å². The number of H-pyrrole nitrogens is 1. The first kappa shape index (κ1) is 33.0. The predicted octanol–water partition coefficient (Wildman–Crippen LogP) is 3.24. The van der Waals surface area contributed by atoms with Crippen LogP contribution in [-0.4, -0.2) is 67.2 Å². The molecule has 2 bridgehead atoms. The fourth-order valence-electron chi connectivity index (χ4n) is 5.78. The highest BCUT2D eigenvalue weighted by Gasteiger charge is 2.31. The van der Waals surface area contributed by atoms with Gasteiger partial charge < -0.3 is 30.7 Å². The number of hydrogen-bond donors (Lipinski definition) is 5. The van der Waals surface area contributed by atoms with Gasteiger partial charge in [0.2, 0.25) is 17.7 Å². The van der Waals surface area contributed by atoms with Gasteiger partial charge in [-0.3, -0.25) is 24.2 Å². The van der Waals surface area contributed by atoms with Crippen molar-refractivity contribution in [2.45, 2.75) is 64.6 Å². The number of pyridine rings is 1. The van der Waals surface area contributed by atoms with Gasteiger partial charge in [0.25, 0.3) is 11.8 Å². The smallest absolute Gasteiger partial charge is 0.273 e. The number of aryl methyl sites for hydroxylation is 2. The maximum Gasteiger partial charge on any atom is 0.273 e. The van der Waals surface area contributed by atoms with Gasteiger partial charge in [0, 0.05) is 54.2 Å². The zero-order chi connectivity index (χ0) is 34.5. The number of carbonyl (C=O) groups excluding carboxylic acids is 4. The first-order chi connectivity index (χ1) is 23.7. The Morgan fingerprint density at radius 2 is 1.84 bits per heavy atom. The lowest BCUT2D eigenvalue weighted by Gasteiger charge is -2.24. The van der Waals surface area contributed by atoms with Crippen molar-refractivity contribution in [3.05, 3.63) is 95.4 Å². The van der Waals surface area contributed by atoms with Crippen molar-refractivity contribution >= 4 is 34.5 Å². The van der Waals surface area contributed by atoms with Crippen molar-refractivity contribution in [2.75, 3.05) is 6.54 Å². The molecule has 1 aromatic carbocycles. The minimum absolute atomic E-state index is 0.143. The molecule has 4 aromatic heterocycles. The van der Waals surface area contributed by atoms with Gasteiger partial charge in [-0.2, -0.15) is 0 Å². The summed E-state index contributed by atoms with van der Waals surface area (Å²) in [5.74, 6) is -1.03. The summed E-state index contributed by atoms with van der Waals surface area (Å²) in [6.07, 6.45) is 7.92. The molecule has 49 heavy (non-hydrogen) atoms. The Labute approximate surface area is 281 Å². The second-order valence-electron chi connectivity index (χ2n) is 12.0. The number of aromatic nitrogens is 5. The zero-order valence-electron chi connectivity index (χ0n) is 27.4. The number of para-hydroxylation sites is 1. The average Bonchev–Trinajstić information content (AvgIpc) is 3.70. The van der Waals surface area contributed by atoms with Crippen LogP contribution in [0, 0.1) is 13.8 Å². The molecular weight excluding hydrogens is 626 g/mol. The van der Waals surface area contributed by atoms with E-state index in [0.29, 0.717) is 42.2 Å². The van der Waals surface area contributed by atoms with Crippen LogP contribution < -0.4 is 21.3 Å². The predicted molar refractivity (Wildman–Crippen MR) is 179 cm³/mol. The number of amides is 4. The molecule has 252 valence electrons. The van der Waals surface area contributed by atoms with Crippen LogP contribution in [0.4, 0.5) is 0 Å². The lowest BCUT2D eigenvalue weighted by atomic mass is 10.0. The molecule has 0 radical (unpaired) electrons. The Morgan fingerprint density at radius 3 is 2.63 bits per heavy atom. The molecule has 1 aliphatic heterocycles. The maximum absolute atomic E-state index is 14.0. The normalized spacial score (nSPS) is 19.2. The molecule has 1 aliphatic rings. The summed E-state index contributed by atoms with van der Waals surface area (Å²) in [4.78, 5) is 74.8. The molecule has 6 rings (SSSR count). The van der Waals surface area contributed by atoms with Crippen molar-refractivity contribution in [1.82, 2.24) is 46.2 Å². The molecule has 0 aliphatic carbocycles. The van der Waals surface area contributed by atoms with E-state index >= 15 is 0 Å². The second kappa shape index (κ2) is 14.5. The number of nitrogens with zero attached hydrogens (tertiary/aromatic N) is 4. The number of carbonyl (C=O) groups is 4. The molecule has 0 unspecified atom stereocenters. The lowest BCUT2D eigenvalue weighted by molar-refractivity contribution is -0.130. The summed E-state index contributed by atoms with van der Waals surface area (Å²) in [6.45, 7) is 5.34. The molecule has 0 fully saturated rings. The van der Waals surface area contributed by atoms with Crippen molar-refractivity contribution < 1.29 is 23.6 Å². The Hall–Kier alpha value is -5.92. The summed E-state index contributed by atoms with van der Waals surface area (Å²) in [6, 6.07) is 8.53. The van der Waals surface area contributed by atoms with Crippen LogP contribution in [0.2, 0.25) is 0 Å². The molecular formula is C35H37N9O5. The molecule has 0 saturated carbocycles. The molecule has 5 aromatic rings. The van der Waals surface area contributed by atoms with Gasteiger partial charge in [-0.25, -0.2) is 15.0 Å². The first-order valence-electron chi connectivity index (χ1n) is 16.1. The van der Waals surface area contributed by atoms with Gasteiger partial charge in [0.1, 0.15) is 23.9 Å². The highest BCUT2D eigenvalue weighted by atomic mass is 16.4. The van der Waals surface area contributed by atoms with Gasteiger partial charge in [0.05, 0.1) is 11.3 Å². The fraction of sp³-hybridized carbons (Fsp3) is 0.314. The summed E-state index contributed by atoms with van der Waals surface area (Å²) in [5.41, 5.74) is 3.20. The highest BCUT2D eigenvalue weighted by molar-refractivity contribution is 5.99. The minimum atomic E-state index is -1.02. The quantitative estimate of drug-likeness (QED) is 0.187. The molecule has 14 heteroatoms. The number of hydrogen-bond acceptors (Lipinski definition) is 9. The van der Waals surface area contributed by atoms with Crippen LogP contribution in [0.1, 0.15) is 76.0 Å². The Kier molecular flexibility index (Phi) is 9.74. The molecule has 4 amide bonds. The molecule has 3 atom stereocenters. The summed E-state index contributed by atoms with van der Waals surface area (Å²) < 4.78 is 5.75. The Morgan fingerprint density at radius 1 is 1.00 bits per heavy atom. The van der Waals surface area contributed by atoms with E-state index in [1.165, 1.54) is 6.20 Å². The Balaban J connectivity index is 1.27. The Bertz CT molecular complexity index is 2010. The van der Waals surface area contributed by atoms with Gasteiger partial charge in [0.15, 0.2) is 11.5 Å². The SMILES string of the molecule is Cc1nc(-c2cccnc2)ncc1C(=O)N[C@H]1CCCCNC(=O)c2nc(oc2C)[C@@H](C)NC(=O)[C@@H](Cc2c[nH]c3ccccc23)NC1=O. The van der Waals surface area contributed by atoms with Gasteiger partial charge in [-0.1, -0.05) is 18.2 Å². The van der Waals surface area contributed by atoms with Crippen LogP contribution in [0.3, 0.4) is 0 Å². The molecule has 5 N–H and O–H groups in total. The van der Waals surface area contributed by atoms with Gasteiger partial charge in [-0.05, 0) is 63.8 Å². The highest BCUT2D eigenvalue weighted by Crippen LogP contribution is 2.21. The van der Waals surface area contributed by atoms with Crippen molar-refractivity contribution in [3.63, 3.8) is 0 Å². The van der Waals surface area contributed by atoms with Gasteiger partial charge >= 0.3 is 0 Å². The van der Waals surface area contributed by atoms with Crippen molar-refractivity contribution in [2.24, 2.45) is 0 Å². The number of oxazole rings is 1. The monoisotopic (exact) mass is 663 g/mol. The van der Waals surface area contributed by atoms with Crippen molar-refractivity contribution in [1.29, 1.82) is 0 Å². The summed E-state index contributed by atoms with van der Waals surface area (Å²) in [7, 11) is 0. The number of nitrogens with one attached hydrogen (secondary N) is 5. The van der Waals surface area contributed by atoms with E-state index in [-0.39, 0.29) is 30.0 Å². The molecule has 0 saturated heterocycles. The van der Waals surface area contributed by atoms with E-state index in [1.54, 1.807) is 39.2 Å². The standard InChI is InChI=1S/C35H37N9O5/c1-19-25(18-39-30(40-19)22-9-8-13-36-16-22)31(45)42-27-12-6-7-14-37-34(48)29-21(3)49-35(44-29)20(2)41-33(47)28(43-32(27)46)15-23-17-38-26-11-5-4-10-24(23)26/h4-5,8-11,13,16-18,20,27-28,38H,6-7,12,14-15H2,1-3H3,(H,37,48)(H,41,47)(H,42,45)(H,43,46)/t20-,27+,28-/m1/s1. The third kappa shape index (κ3) is 7.48. The van der Waals surface area contributed by atoms with Crippen LogP contribution in [0.5, 0.6) is 0 Å². The largest absolute Gasteiger partial charge is 0.443 e. The topological polar surface area (TPSA) is 197 Å². The number of benzene rings is 1. The zero-order valence-corrected chi connectivity index (χ0v) is 27.4. The van der Waals surface area contributed by atoms with Crippen LogP contribution in [0.25, 0.3) is 22.3 Å². The van der Waals surface area contributed by atoms with Crippen molar-refractivity contribution in [3.8, 4) is 11.4 Å². The van der Waals surface area contributed by atoms with Crippen LogP contribution in [-0.2, 0) is 16.0 Å². The third-order valence-corrected chi connectivity index (χ3v) is 8.46. The summed E-state index contributed by atoms with van der Waals surface area (Å²) in [5, 5.41) is 12.4. The van der Waals surface area contributed by atoms with E-state index in [9.17, 15) is 19.2 Å². The van der Waals surface area contributed by atoms with E-state index in [0.717, 1.165) is 16.5 Å². The van der Waals surface area contributed by atoms with Crippen LogP contribution >= 0.6 is 0 Å². The fourth-order valence-corrected chi connectivity index (χ4v) is 5.78.